The lowest BCUT2D eigenvalue weighted by Crippen LogP contribution is -2.57. The summed E-state index contributed by atoms with van der Waals surface area (Å²) in [4.78, 5) is 9.77. The molecule has 0 aliphatic rings. The van der Waals surface area contributed by atoms with E-state index in [1.807, 2.05) is 0 Å². The maximum absolute atomic E-state index is 9.77. The molecule has 0 unspecified atom stereocenters. The van der Waals surface area contributed by atoms with E-state index in [1.165, 1.54) is 0 Å². The number of hydrogen-bond acceptors (Lipinski definition) is 4. The molecule has 0 aliphatic carbocycles. The standard InChI is InChI=1S/C5H13N3O/c6-5(7,8)3-1-2-4-9/h4H,1-3,6-8H2. The van der Waals surface area contributed by atoms with E-state index in [2.05, 4.69) is 0 Å². The topological polar surface area (TPSA) is 95.1 Å². The van der Waals surface area contributed by atoms with Crippen molar-refractivity contribution in [2.75, 3.05) is 0 Å². The lowest BCUT2D eigenvalue weighted by molar-refractivity contribution is -0.107. The molecule has 0 aromatic heterocycles. The van der Waals surface area contributed by atoms with Gasteiger partial charge in [0.25, 0.3) is 0 Å². The molecule has 0 aromatic carbocycles. The van der Waals surface area contributed by atoms with Crippen LogP contribution in [0.25, 0.3) is 0 Å². The van der Waals surface area contributed by atoms with Gasteiger partial charge in [0, 0.05) is 6.42 Å². The van der Waals surface area contributed by atoms with Gasteiger partial charge in [-0.15, -0.1) is 0 Å². The summed E-state index contributed by atoms with van der Waals surface area (Å²) in [5, 5.41) is 0. The Kier molecular flexibility index (Phi) is 3.37. The first-order chi connectivity index (χ1) is 4.06. The van der Waals surface area contributed by atoms with Gasteiger partial charge < -0.3 is 22.0 Å². The highest BCUT2D eigenvalue weighted by Gasteiger charge is 2.09. The molecule has 54 valence electrons. The molecule has 0 atom stereocenters. The van der Waals surface area contributed by atoms with E-state index in [1.54, 1.807) is 0 Å². The molecule has 0 heterocycles. The van der Waals surface area contributed by atoms with Gasteiger partial charge in [-0.05, 0) is 12.8 Å². The normalized spacial score (nSPS) is 11.4. The molecule has 9 heavy (non-hydrogen) atoms. The summed E-state index contributed by atoms with van der Waals surface area (Å²) in [6.45, 7) is 0. The second kappa shape index (κ2) is 3.55. The third kappa shape index (κ3) is 7.55. The van der Waals surface area contributed by atoms with Gasteiger partial charge in [-0.25, -0.2) is 0 Å². The fourth-order valence-electron chi connectivity index (χ4n) is 0.492. The van der Waals surface area contributed by atoms with E-state index < -0.39 is 5.79 Å². The molecule has 0 rings (SSSR count). The molecule has 0 saturated heterocycles. The van der Waals surface area contributed by atoms with Crippen molar-refractivity contribution in [3.8, 4) is 0 Å². The van der Waals surface area contributed by atoms with Crippen molar-refractivity contribution >= 4 is 6.29 Å². The zero-order valence-corrected chi connectivity index (χ0v) is 5.34. The summed E-state index contributed by atoms with van der Waals surface area (Å²) in [6.07, 6.45) is 2.44. The van der Waals surface area contributed by atoms with Crippen LogP contribution in [-0.2, 0) is 4.79 Å². The lowest BCUT2D eigenvalue weighted by Gasteiger charge is -2.16. The van der Waals surface area contributed by atoms with Gasteiger partial charge in [-0.3, -0.25) is 0 Å². The zero-order valence-electron chi connectivity index (χ0n) is 5.34. The zero-order chi connectivity index (χ0) is 7.33. The van der Waals surface area contributed by atoms with Gasteiger partial charge in [0.2, 0.25) is 0 Å². The number of carbonyl (C=O) groups excluding carboxylic acids is 1. The Labute approximate surface area is 54.4 Å². The van der Waals surface area contributed by atoms with Gasteiger partial charge in [-0.1, -0.05) is 0 Å². The number of hydrogen-bond donors (Lipinski definition) is 3. The Morgan fingerprint density at radius 2 is 1.89 bits per heavy atom. The minimum atomic E-state index is -1.11. The summed E-state index contributed by atoms with van der Waals surface area (Å²) in [7, 11) is 0. The molecule has 0 fully saturated rings. The molecular formula is C5H13N3O. The summed E-state index contributed by atoms with van der Waals surface area (Å²) in [5.41, 5.74) is 15.6. The van der Waals surface area contributed by atoms with Crippen molar-refractivity contribution in [2.24, 2.45) is 17.2 Å². The van der Waals surface area contributed by atoms with Crippen molar-refractivity contribution in [3.05, 3.63) is 0 Å². The number of nitrogens with two attached hydrogens (primary N) is 3. The fraction of sp³-hybridized carbons (Fsp3) is 0.800. The maximum atomic E-state index is 9.77. The largest absolute Gasteiger partial charge is 0.303 e. The van der Waals surface area contributed by atoms with E-state index in [4.69, 9.17) is 17.2 Å². The first kappa shape index (κ1) is 8.55. The van der Waals surface area contributed by atoms with Gasteiger partial charge in [-0.2, -0.15) is 0 Å². The first-order valence-corrected chi connectivity index (χ1v) is 2.86. The van der Waals surface area contributed by atoms with Gasteiger partial charge in [0.05, 0.1) is 0 Å². The highest BCUT2D eigenvalue weighted by molar-refractivity contribution is 5.48. The van der Waals surface area contributed by atoms with E-state index in [0.717, 1.165) is 6.29 Å². The van der Waals surface area contributed by atoms with Crippen LogP contribution in [0.1, 0.15) is 19.3 Å². The lowest BCUT2D eigenvalue weighted by atomic mass is 10.2. The quantitative estimate of drug-likeness (QED) is 0.256. The number of rotatable bonds is 4. The van der Waals surface area contributed by atoms with E-state index in [-0.39, 0.29) is 0 Å². The fourth-order valence-corrected chi connectivity index (χ4v) is 0.492. The summed E-state index contributed by atoms with van der Waals surface area (Å²) in [6, 6.07) is 0. The van der Waals surface area contributed by atoms with Crippen LogP contribution in [0.2, 0.25) is 0 Å². The highest BCUT2D eigenvalue weighted by atomic mass is 16.1. The van der Waals surface area contributed by atoms with Crippen molar-refractivity contribution < 1.29 is 4.79 Å². The average molecular weight is 131 g/mol. The van der Waals surface area contributed by atoms with Crippen molar-refractivity contribution in [1.82, 2.24) is 0 Å². The molecule has 0 spiro atoms. The maximum Gasteiger partial charge on any atom is 0.119 e. The Balaban J connectivity index is 3.17. The summed E-state index contributed by atoms with van der Waals surface area (Å²) >= 11 is 0. The van der Waals surface area contributed by atoms with Crippen molar-refractivity contribution in [3.63, 3.8) is 0 Å². The molecule has 0 radical (unpaired) electrons. The third-order valence-corrected chi connectivity index (χ3v) is 0.932. The SMILES string of the molecule is NC(N)(N)CCCC=O. The molecular weight excluding hydrogens is 118 g/mol. The van der Waals surface area contributed by atoms with Crippen LogP contribution in [0, 0.1) is 0 Å². The first-order valence-electron chi connectivity index (χ1n) is 2.86. The minimum absolute atomic E-state index is 0.478. The summed E-state index contributed by atoms with van der Waals surface area (Å²) in [5.74, 6) is -1.11. The van der Waals surface area contributed by atoms with Gasteiger partial charge >= 0.3 is 0 Å². The molecule has 0 saturated carbocycles. The van der Waals surface area contributed by atoms with Gasteiger partial charge in [0.1, 0.15) is 12.1 Å². The number of aldehydes is 1. The molecule has 0 aliphatic heterocycles. The average Bonchev–Trinajstić information content (AvgIpc) is 1.63. The van der Waals surface area contributed by atoms with Crippen LogP contribution in [-0.4, -0.2) is 12.1 Å². The minimum Gasteiger partial charge on any atom is -0.303 e. The second-order valence-corrected chi connectivity index (χ2v) is 2.17. The molecule has 0 amide bonds. The Hall–Kier alpha value is -0.450. The Morgan fingerprint density at radius 1 is 1.33 bits per heavy atom. The van der Waals surface area contributed by atoms with Crippen LogP contribution in [0.5, 0.6) is 0 Å². The predicted molar refractivity (Wildman–Crippen MR) is 35.2 cm³/mol. The molecule has 0 bridgehead atoms. The van der Waals surface area contributed by atoms with Crippen molar-refractivity contribution in [1.29, 1.82) is 0 Å². The van der Waals surface area contributed by atoms with Crippen LogP contribution in [0.4, 0.5) is 0 Å². The van der Waals surface area contributed by atoms with Crippen LogP contribution in [0.3, 0.4) is 0 Å². The highest BCUT2D eigenvalue weighted by Crippen LogP contribution is 1.96. The van der Waals surface area contributed by atoms with E-state index >= 15 is 0 Å². The Morgan fingerprint density at radius 3 is 2.22 bits per heavy atom. The van der Waals surface area contributed by atoms with Gasteiger partial charge in [0.15, 0.2) is 0 Å². The number of carbonyl (C=O) groups is 1. The predicted octanol–water partition coefficient (Wildman–Crippen LogP) is -1.11. The van der Waals surface area contributed by atoms with Crippen molar-refractivity contribution in [2.45, 2.75) is 25.0 Å². The number of unbranched alkanes of at least 4 members (excludes halogenated alkanes) is 1. The van der Waals surface area contributed by atoms with Crippen LogP contribution < -0.4 is 17.2 Å². The smallest absolute Gasteiger partial charge is 0.119 e. The second-order valence-electron chi connectivity index (χ2n) is 2.17. The molecule has 6 N–H and O–H groups in total. The third-order valence-electron chi connectivity index (χ3n) is 0.932. The molecule has 0 aromatic rings. The van der Waals surface area contributed by atoms with Crippen LogP contribution >= 0.6 is 0 Å². The monoisotopic (exact) mass is 131 g/mol. The Bertz CT molecular complexity index is 86.7. The molecule has 4 nitrogen and oxygen atoms in total. The molecule has 4 heteroatoms. The summed E-state index contributed by atoms with van der Waals surface area (Å²) < 4.78 is 0. The van der Waals surface area contributed by atoms with Crippen LogP contribution in [0.15, 0.2) is 0 Å². The van der Waals surface area contributed by atoms with E-state index in [0.29, 0.717) is 19.3 Å². The van der Waals surface area contributed by atoms with E-state index in [9.17, 15) is 4.79 Å².